The van der Waals surface area contributed by atoms with Gasteiger partial charge in [0.2, 0.25) is 0 Å². The van der Waals surface area contributed by atoms with Crippen LogP contribution >= 0.6 is 43.2 Å². The molecule has 2 unspecified atom stereocenters. The highest BCUT2D eigenvalue weighted by Gasteiger charge is 2.23. The molecule has 1 heterocycles. The molecule has 1 aliphatic carbocycles. The first-order valence-corrected chi connectivity index (χ1v) is 7.91. The van der Waals surface area contributed by atoms with Crippen LogP contribution in [0.2, 0.25) is 0 Å². The minimum absolute atomic E-state index is 0.0416. The largest absolute Gasteiger partial charge is 0.351 e. The smallest absolute Gasteiger partial charge is 0.262 e. The number of halogens is 2. The van der Waals surface area contributed by atoms with Gasteiger partial charge in [0.15, 0.2) is 0 Å². The summed E-state index contributed by atoms with van der Waals surface area (Å²) in [5.74, 6) is 0.673. The molecule has 1 aromatic rings. The predicted molar refractivity (Wildman–Crippen MR) is 74.4 cm³/mol. The Morgan fingerprint density at radius 3 is 2.94 bits per heavy atom. The van der Waals surface area contributed by atoms with Crippen molar-refractivity contribution in [1.82, 2.24) is 5.32 Å². The summed E-state index contributed by atoms with van der Waals surface area (Å²) in [7, 11) is 0. The first-order valence-electron chi connectivity index (χ1n) is 5.32. The predicted octanol–water partition coefficient (Wildman–Crippen LogP) is 3.80. The van der Waals surface area contributed by atoms with Crippen LogP contribution in [-0.2, 0) is 0 Å². The van der Waals surface area contributed by atoms with E-state index in [1.54, 1.807) is 0 Å². The van der Waals surface area contributed by atoms with Gasteiger partial charge < -0.3 is 5.32 Å². The fourth-order valence-corrected chi connectivity index (χ4v) is 4.23. The molecule has 0 aliphatic heterocycles. The molecular weight excluding hydrogens is 354 g/mol. The van der Waals surface area contributed by atoms with Crippen LogP contribution in [0.15, 0.2) is 15.9 Å². The summed E-state index contributed by atoms with van der Waals surface area (Å²) < 4.78 is 0.889. The van der Waals surface area contributed by atoms with E-state index in [2.05, 4.69) is 37.2 Å². The number of alkyl halides is 1. The fourth-order valence-electron chi connectivity index (χ4n) is 1.97. The molecule has 1 N–H and O–H groups in total. The summed E-state index contributed by atoms with van der Waals surface area (Å²) in [6, 6.07) is 1.91. The van der Waals surface area contributed by atoms with E-state index in [0.717, 1.165) is 15.9 Å². The molecule has 0 bridgehead atoms. The Kier molecular flexibility index (Phi) is 4.44. The Bertz CT molecular complexity index is 380. The highest BCUT2D eigenvalue weighted by atomic mass is 79.9. The lowest BCUT2D eigenvalue weighted by Crippen LogP contribution is -2.28. The summed E-state index contributed by atoms with van der Waals surface area (Å²) in [5, 5.41) is 4.93. The zero-order valence-electron chi connectivity index (χ0n) is 8.71. The quantitative estimate of drug-likeness (QED) is 0.810. The maximum absolute atomic E-state index is 11.8. The standard InChI is InChI=1S/C11H13Br2NOS/c12-8-2-1-7(5-8)6-14-11(15)10-9(13)3-4-16-10/h3-4,7-8H,1-2,5-6H2,(H,14,15). The summed E-state index contributed by atoms with van der Waals surface area (Å²) in [6.45, 7) is 0.797. The molecule has 0 radical (unpaired) electrons. The Morgan fingerprint density at radius 1 is 1.56 bits per heavy atom. The van der Waals surface area contributed by atoms with Crippen molar-refractivity contribution in [2.24, 2.45) is 5.92 Å². The maximum Gasteiger partial charge on any atom is 0.262 e. The molecule has 1 fully saturated rings. The van der Waals surface area contributed by atoms with Gasteiger partial charge in [0, 0.05) is 15.8 Å². The summed E-state index contributed by atoms with van der Waals surface area (Å²) in [4.78, 5) is 13.2. The fraction of sp³-hybridized carbons (Fsp3) is 0.545. The normalized spacial score (nSPS) is 24.6. The number of rotatable bonds is 3. The Labute approximate surface area is 116 Å². The number of amides is 1. The van der Waals surface area contributed by atoms with Crippen molar-refractivity contribution < 1.29 is 4.79 Å². The topological polar surface area (TPSA) is 29.1 Å². The van der Waals surface area contributed by atoms with Crippen LogP contribution in [0.3, 0.4) is 0 Å². The van der Waals surface area contributed by atoms with Crippen LogP contribution in [0.4, 0.5) is 0 Å². The van der Waals surface area contributed by atoms with Crippen LogP contribution < -0.4 is 5.32 Å². The van der Waals surface area contributed by atoms with Gasteiger partial charge in [-0.3, -0.25) is 4.79 Å². The number of carbonyl (C=O) groups excluding carboxylic acids is 1. The monoisotopic (exact) mass is 365 g/mol. The van der Waals surface area contributed by atoms with Crippen molar-refractivity contribution in [2.75, 3.05) is 6.54 Å². The highest BCUT2D eigenvalue weighted by Crippen LogP contribution is 2.30. The molecule has 1 saturated carbocycles. The van der Waals surface area contributed by atoms with E-state index in [1.807, 2.05) is 11.4 Å². The van der Waals surface area contributed by atoms with E-state index in [0.29, 0.717) is 10.7 Å². The molecule has 2 atom stereocenters. The average Bonchev–Trinajstić information content (AvgIpc) is 2.84. The van der Waals surface area contributed by atoms with E-state index in [9.17, 15) is 4.79 Å². The Balaban J connectivity index is 1.82. The van der Waals surface area contributed by atoms with Crippen LogP contribution in [0.1, 0.15) is 28.9 Å². The van der Waals surface area contributed by atoms with Crippen molar-refractivity contribution in [3.63, 3.8) is 0 Å². The minimum Gasteiger partial charge on any atom is -0.351 e. The third-order valence-electron chi connectivity index (χ3n) is 2.85. The van der Waals surface area contributed by atoms with E-state index in [-0.39, 0.29) is 5.91 Å². The van der Waals surface area contributed by atoms with Gasteiger partial charge in [0.25, 0.3) is 5.91 Å². The van der Waals surface area contributed by atoms with Gasteiger partial charge in [-0.1, -0.05) is 15.9 Å². The molecule has 2 rings (SSSR count). The van der Waals surface area contributed by atoms with Gasteiger partial charge in [-0.2, -0.15) is 0 Å². The summed E-state index contributed by atoms with van der Waals surface area (Å²) in [5.41, 5.74) is 0. The lowest BCUT2D eigenvalue weighted by atomic mass is 10.1. The van der Waals surface area contributed by atoms with Crippen LogP contribution in [0.25, 0.3) is 0 Å². The number of hydrogen-bond acceptors (Lipinski definition) is 2. The lowest BCUT2D eigenvalue weighted by molar-refractivity contribution is 0.0951. The molecular formula is C11H13Br2NOS. The molecule has 1 aromatic heterocycles. The van der Waals surface area contributed by atoms with E-state index in [1.165, 1.54) is 30.6 Å². The summed E-state index contributed by atoms with van der Waals surface area (Å²) >= 11 is 8.46. The van der Waals surface area contributed by atoms with Crippen molar-refractivity contribution in [3.05, 3.63) is 20.8 Å². The molecule has 16 heavy (non-hydrogen) atoms. The SMILES string of the molecule is O=C(NCC1CCC(Br)C1)c1sccc1Br. The second-order valence-corrected chi connectivity index (χ2v) is 7.15. The average molecular weight is 367 g/mol. The van der Waals surface area contributed by atoms with Gasteiger partial charge in [-0.05, 0) is 52.6 Å². The summed E-state index contributed by atoms with van der Waals surface area (Å²) in [6.07, 6.45) is 3.61. The second-order valence-electron chi connectivity index (χ2n) is 4.08. The van der Waals surface area contributed by atoms with Gasteiger partial charge in [-0.15, -0.1) is 11.3 Å². The van der Waals surface area contributed by atoms with Crippen molar-refractivity contribution in [2.45, 2.75) is 24.1 Å². The Hall–Kier alpha value is 0.130. The molecule has 88 valence electrons. The first kappa shape index (κ1) is 12.6. The third kappa shape index (κ3) is 3.08. The molecule has 0 aromatic carbocycles. The van der Waals surface area contributed by atoms with Gasteiger partial charge in [0.05, 0.1) is 0 Å². The number of nitrogens with one attached hydrogen (secondary N) is 1. The molecule has 1 aliphatic rings. The van der Waals surface area contributed by atoms with Crippen LogP contribution in [0.5, 0.6) is 0 Å². The molecule has 5 heteroatoms. The zero-order valence-corrected chi connectivity index (χ0v) is 12.7. The van der Waals surface area contributed by atoms with Gasteiger partial charge in [0.1, 0.15) is 4.88 Å². The van der Waals surface area contributed by atoms with E-state index < -0.39 is 0 Å². The number of carbonyl (C=O) groups is 1. The lowest BCUT2D eigenvalue weighted by Gasteiger charge is -2.10. The third-order valence-corrected chi connectivity index (χ3v) is 5.52. The van der Waals surface area contributed by atoms with Crippen molar-refractivity contribution >= 4 is 49.1 Å². The van der Waals surface area contributed by atoms with Gasteiger partial charge >= 0.3 is 0 Å². The molecule has 0 spiro atoms. The van der Waals surface area contributed by atoms with Crippen LogP contribution in [-0.4, -0.2) is 17.3 Å². The Morgan fingerprint density at radius 2 is 2.38 bits per heavy atom. The first-order chi connectivity index (χ1) is 7.66. The molecule has 1 amide bonds. The van der Waals surface area contributed by atoms with E-state index in [4.69, 9.17) is 0 Å². The number of hydrogen-bond donors (Lipinski definition) is 1. The minimum atomic E-state index is 0.0416. The van der Waals surface area contributed by atoms with Crippen molar-refractivity contribution in [3.8, 4) is 0 Å². The number of thiophene rings is 1. The second kappa shape index (κ2) is 5.65. The zero-order chi connectivity index (χ0) is 11.5. The molecule has 0 saturated heterocycles. The maximum atomic E-state index is 11.8. The van der Waals surface area contributed by atoms with E-state index >= 15 is 0 Å². The van der Waals surface area contributed by atoms with Gasteiger partial charge in [-0.25, -0.2) is 0 Å². The van der Waals surface area contributed by atoms with Crippen molar-refractivity contribution in [1.29, 1.82) is 0 Å². The highest BCUT2D eigenvalue weighted by molar-refractivity contribution is 9.10. The molecule has 2 nitrogen and oxygen atoms in total. The van der Waals surface area contributed by atoms with Crippen LogP contribution in [0, 0.1) is 5.92 Å².